The van der Waals surface area contributed by atoms with Gasteiger partial charge < -0.3 is 10.4 Å². The Morgan fingerprint density at radius 1 is 1.24 bits per heavy atom. The lowest BCUT2D eigenvalue weighted by molar-refractivity contribution is 0.0689. The van der Waals surface area contributed by atoms with E-state index in [0.717, 1.165) is 19.0 Å². The molecule has 0 atom stereocenters. The highest BCUT2D eigenvalue weighted by atomic mass is 16.4. The maximum Gasteiger partial charge on any atom is 0.356 e. The highest BCUT2D eigenvalue weighted by Crippen LogP contribution is 2.00. The summed E-state index contributed by atoms with van der Waals surface area (Å²) in [6, 6.07) is 0.100. The lowest BCUT2D eigenvalue weighted by Gasteiger charge is -2.13. The van der Waals surface area contributed by atoms with E-state index in [4.69, 9.17) is 5.11 Å². The topological polar surface area (TPSA) is 92.2 Å². The van der Waals surface area contributed by atoms with Crippen LogP contribution in [0.1, 0.15) is 47.7 Å². The van der Waals surface area contributed by atoms with Crippen molar-refractivity contribution in [2.24, 2.45) is 0 Å². The van der Waals surface area contributed by atoms with Gasteiger partial charge in [0.15, 0.2) is 5.69 Å². The van der Waals surface area contributed by atoms with Gasteiger partial charge in [0.1, 0.15) is 5.69 Å². The smallest absolute Gasteiger partial charge is 0.356 e. The first-order chi connectivity index (χ1) is 8.08. The van der Waals surface area contributed by atoms with E-state index in [1.165, 1.54) is 6.20 Å². The molecule has 1 rings (SSSR count). The van der Waals surface area contributed by atoms with E-state index in [1.54, 1.807) is 0 Å². The lowest BCUT2D eigenvalue weighted by atomic mass is 10.1. The van der Waals surface area contributed by atoms with E-state index in [9.17, 15) is 9.59 Å². The lowest BCUT2D eigenvalue weighted by Crippen LogP contribution is -2.34. The zero-order chi connectivity index (χ0) is 12.8. The number of rotatable bonds is 5. The van der Waals surface area contributed by atoms with Crippen LogP contribution in [0.5, 0.6) is 0 Å². The van der Waals surface area contributed by atoms with Crippen molar-refractivity contribution in [3.8, 4) is 0 Å². The number of hydrogen-bond acceptors (Lipinski definition) is 4. The molecule has 0 saturated carbocycles. The molecule has 0 radical (unpaired) electrons. The van der Waals surface area contributed by atoms with E-state index >= 15 is 0 Å². The maximum absolute atomic E-state index is 11.7. The highest BCUT2D eigenvalue weighted by molar-refractivity contribution is 5.92. The Balaban J connectivity index is 2.73. The van der Waals surface area contributed by atoms with Gasteiger partial charge in [-0.15, -0.1) is 0 Å². The van der Waals surface area contributed by atoms with Gasteiger partial charge in [-0.1, -0.05) is 13.8 Å². The van der Waals surface area contributed by atoms with Crippen molar-refractivity contribution in [1.29, 1.82) is 0 Å². The van der Waals surface area contributed by atoms with Crippen LogP contribution in [0.15, 0.2) is 12.4 Å². The second-order valence-corrected chi connectivity index (χ2v) is 3.58. The van der Waals surface area contributed by atoms with Crippen LogP contribution in [-0.4, -0.2) is 33.0 Å². The molecule has 6 heteroatoms. The second-order valence-electron chi connectivity index (χ2n) is 3.58. The normalized spacial score (nSPS) is 10.3. The van der Waals surface area contributed by atoms with Gasteiger partial charge in [-0.3, -0.25) is 4.79 Å². The Bertz CT molecular complexity index is 399. The predicted octanol–water partition coefficient (Wildman–Crippen LogP) is 1.09. The van der Waals surface area contributed by atoms with Crippen LogP contribution in [0.2, 0.25) is 0 Å². The number of nitrogens with zero attached hydrogens (tertiary/aromatic N) is 2. The van der Waals surface area contributed by atoms with Crippen molar-refractivity contribution < 1.29 is 14.7 Å². The number of hydrogen-bond donors (Lipinski definition) is 2. The third kappa shape index (κ3) is 3.51. The minimum Gasteiger partial charge on any atom is -0.476 e. The molecular weight excluding hydrogens is 222 g/mol. The fourth-order valence-corrected chi connectivity index (χ4v) is 1.31. The monoisotopic (exact) mass is 237 g/mol. The number of aromatic nitrogens is 2. The fraction of sp³-hybridized carbons (Fsp3) is 0.455. The quantitative estimate of drug-likeness (QED) is 0.799. The molecule has 1 aromatic rings. The van der Waals surface area contributed by atoms with Crippen LogP contribution < -0.4 is 5.32 Å². The summed E-state index contributed by atoms with van der Waals surface area (Å²) >= 11 is 0. The average Bonchev–Trinajstić information content (AvgIpc) is 2.35. The van der Waals surface area contributed by atoms with E-state index in [-0.39, 0.29) is 23.3 Å². The molecule has 1 aromatic heterocycles. The first-order valence-corrected chi connectivity index (χ1v) is 5.44. The molecular formula is C11H15N3O3. The molecule has 0 aliphatic rings. The zero-order valence-corrected chi connectivity index (χ0v) is 9.80. The number of aromatic carboxylic acids is 1. The van der Waals surface area contributed by atoms with Crippen LogP contribution in [-0.2, 0) is 0 Å². The summed E-state index contributed by atoms with van der Waals surface area (Å²) in [5, 5.41) is 11.4. The fourth-order valence-electron chi connectivity index (χ4n) is 1.31. The van der Waals surface area contributed by atoms with Crippen molar-refractivity contribution >= 4 is 11.9 Å². The van der Waals surface area contributed by atoms with Crippen LogP contribution in [0, 0.1) is 0 Å². The van der Waals surface area contributed by atoms with Crippen molar-refractivity contribution in [1.82, 2.24) is 15.3 Å². The molecule has 0 unspecified atom stereocenters. The molecule has 0 fully saturated rings. The summed E-state index contributed by atoms with van der Waals surface area (Å²) in [4.78, 5) is 29.6. The van der Waals surface area contributed by atoms with Crippen LogP contribution >= 0.6 is 0 Å². The van der Waals surface area contributed by atoms with Crippen molar-refractivity contribution in [2.45, 2.75) is 32.7 Å². The standard InChI is InChI=1S/C11H15N3O3/c1-3-7(4-2)14-10(15)8-5-13-9(6-12-8)11(16)17/h5-7H,3-4H2,1-2H3,(H,14,15)(H,16,17). The molecule has 0 saturated heterocycles. The van der Waals surface area contributed by atoms with E-state index < -0.39 is 5.97 Å². The average molecular weight is 237 g/mol. The first kappa shape index (κ1) is 13.1. The summed E-state index contributed by atoms with van der Waals surface area (Å²) < 4.78 is 0. The van der Waals surface area contributed by atoms with Gasteiger partial charge in [-0.25, -0.2) is 14.8 Å². The molecule has 6 nitrogen and oxygen atoms in total. The predicted molar refractivity (Wildman–Crippen MR) is 60.8 cm³/mol. The Morgan fingerprint density at radius 2 is 1.76 bits per heavy atom. The van der Waals surface area contributed by atoms with Gasteiger partial charge in [0.05, 0.1) is 12.4 Å². The number of amides is 1. The SMILES string of the molecule is CCC(CC)NC(=O)c1cnc(C(=O)O)cn1. The summed E-state index contributed by atoms with van der Waals surface area (Å²) in [5.74, 6) is -1.49. The Labute approximate surface area is 99.1 Å². The Morgan fingerprint density at radius 3 is 2.18 bits per heavy atom. The maximum atomic E-state index is 11.7. The minimum absolute atomic E-state index is 0.100. The van der Waals surface area contributed by atoms with Crippen molar-refractivity contribution in [2.75, 3.05) is 0 Å². The Kier molecular flexibility index (Phi) is 4.56. The summed E-state index contributed by atoms with van der Waals surface area (Å²) in [5.41, 5.74) is -0.0500. The molecule has 0 aliphatic heterocycles. The molecule has 2 N–H and O–H groups in total. The first-order valence-electron chi connectivity index (χ1n) is 5.44. The number of carboxylic acids is 1. The van der Waals surface area contributed by atoms with E-state index in [0.29, 0.717) is 0 Å². The van der Waals surface area contributed by atoms with Crippen molar-refractivity contribution in [3.05, 3.63) is 23.8 Å². The van der Waals surface area contributed by atoms with Crippen LogP contribution in [0.25, 0.3) is 0 Å². The number of carbonyl (C=O) groups excluding carboxylic acids is 1. The van der Waals surface area contributed by atoms with Gasteiger partial charge in [0.2, 0.25) is 0 Å². The molecule has 92 valence electrons. The van der Waals surface area contributed by atoms with Gasteiger partial charge in [-0.05, 0) is 12.8 Å². The zero-order valence-electron chi connectivity index (χ0n) is 9.80. The third-order valence-electron chi connectivity index (χ3n) is 2.42. The molecule has 0 aromatic carbocycles. The molecule has 1 heterocycles. The molecule has 0 spiro atoms. The summed E-state index contributed by atoms with van der Waals surface area (Å²) in [7, 11) is 0. The summed E-state index contributed by atoms with van der Waals surface area (Å²) in [6.07, 6.45) is 3.91. The number of nitrogens with one attached hydrogen (secondary N) is 1. The second kappa shape index (κ2) is 5.93. The molecule has 0 aliphatic carbocycles. The number of carbonyl (C=O) groups is 2. The third-order valence-corrected chi connectivity index (χ3v) is 2.42. The van der Waals surface area contributed by atoms with Gasteiger partial charge >= 0.3 is 5.97 Å². The minimum atomic E-state index is -1.16. The van der Waals surface area contributed by atoms with Crippen LogP contribution in [0.4, 0.5) is 0 Å². The highest BCUT2D eigenvalue weighted by Gasteiger charge is 2.13. The molecule has 17 heavy (non-hydrogen) atoms. The number of carboxylic acid groups (broad SMARTS) is 1. The van der Waals surface area contributed by atoms with Gasteiger partial charge in [0.25, 0.3) is 5.91 Å². The van der Waals surface area contributed by atoms with E-state index in [2.05, 4.69) is 15.3 Å². The Hall–Kier alpha value is -1.98. The molecule has 0 bridgehead atoms. The van der Waals surface area contributed by atoms with Gasteiger partial charge in [0, 0.05) is 6.04 Å². The van der Waals surface area contributed by atoms with Crippen LogP contribution in [0.3, 0.4) is 0 Å². The van der Waals surface area contributed by atoms with Gasteiger partial charge in [-0.2, -0.15) is 0 Å². The largest absolute Gasteiger partial charge is 0.476 e. The summed E-state index contributed by atoms with van der Waals surface area (Å²) in [6.45, 7) is 3.96. The molecule has 1 amide bonds. The van der Waals surface area contributed by atoms with Crippen molar-refractivity contribution in [3.63, 3.8) is 0 Å². The van der Waals surface area contributed by atoms with E-state index in [1.807, 2.05) is 13.8 Å².